The normalized spacial score (nSPS) is 25.8. The molecule has 0 saturated carbocycles. The molecule has 0 spiro atoms. The predicted molar refractivity (Wildman–Crippen MR) is 98.7 cm³/mol. The maximum atomic E-state index is 11.3. The van der Waals surface area contributed by atoms with Crippen molar-refractivity contribution in [2.24, 2.45) is 17.2 Å². The van der Waals surface area contributed by atoms with Crippen molar-refractivity contribution in [3.8, 4) is 0 Å². The topological polar surface area (TPSA) is 150 Å². The molecule has 1 aliphatic heterocycles. The van der Waals surface area contributed by atoms with Gasteiger partial charge in [-0.3, -0.25) is 10.1 Å². The second-order valence-corrected chi connectivity index (χ2v) is 7.00. The zero-order valence-electron chi connectivity index (χ0n) is 14.9. The van der Waals surface area contributed by atoms with Crippen molar-refractivity contribution in [2.45, 2.75) is 44.2 Å². The Kier molecular flexibility index (Phi) is 4.92. The second kappa shape index (κ2) is 7.00. The summed E-state index contributed by atoms with van der Waals surface area (Å²) in [5.74, 6) is 1.15. The summed E-state index contributed by atoms with van der Waals surface area (Å²) < 4.78 is 0. The number of nitrogens with zero attached hydrogens (tertiary/aromatic N) is 4. The lowest BCUT2D eigenvalue weighted by atomic mass is 9.88. The fraction of sp³-hybridized carbons (Fsp3) is 0.529. The van der Waals surface area contributed by atoms with E-state index in [1.54, 1.807) is 6.08 Å². The van der Waals surface area contributed by atoms with Gasteiger partial charge in [0.25, 0.3) is 5.70 Å². The van der Waals surface area contributed by atoms with Crippen LogP contribution in [0.2, 0.25) is 0 Å². The average molecular weight is 359 g/mol. The van der Waals surface area contributed by atoms with Gasteiger partial charge in [0, 0.05) is 30.9 Å². The number of anilines is 1. The Morgan fingerprint density at radius 2 is 2.23 bits per heavy atom. The molecule has 9 nitrogen and oxygen atoms in total. The van der Waals surface area contributed by atoms with Gasteiger partial charge in [0.05, 0.1) is 11.3 Å². The highest BCUT2D eigenvalue weighted by Crippen LogP contribution is 2.32. The van der Waals surface area contributed by atoms with E-state index < -0.39 is 10.5 Å². The molecule has 1 saturated heterocycles. The third kappa shape index (κ3) is 3.54. The largest absolute Gasteiger partial charge is 0.393 e. The van der Waals surface area contributed by atoms with Gasteiger partial charge in [-0.15, -0.1) is 0 Å². The third-order valence-electron chi connectivity index (χ3n) is 4.81. The first-order valence-electron chi connectivity index (χ1n) is 8.82. The van der Waals surface area contributed by atoms with E-state index in [1.807, 2.05) is 6.07 Å². The van der Waals surface area contributed by atoms with Crippen molar-refractivity contribution in [1.82, 2.24) is 9.97 Å². The van der Waals surface area contributed by atoms with E-state index in [1.165, 1.54) is 6.08 Å². The number of hydrogen-bond acceptors (Lipinski definition) is 8. The molecule has 3 rings (SSSR count). The highest BCUT2D eigenvalue weighted by atomic mass is 16.6. The van der Waals surface area contributed by atoms with E-state index in [9.17, 15) is 10.1 Å². The quantitative estimate of drug-likeness (QED) is 0.509. The molecular formula is C17H25N7O2. The van der Waals surface area contributed by atoms with Crippen molar-refractivity contribution < 1.29 is 4.92 Å². The smallest absolute Gasteiger partial charge is 0.271 e. The van der Waals surface area contributed by atoms with E-state index in [0.29, 0.717) is 5.82 Å². The lowest BCUT2D eigenvalue weighted by Gasteiger charge is -2.28. The van der Waals surface area contributed by atoms with Crippen molar-refractivity contribution in [1.29, 1.82) is 0 Å². The molecule has 0 aromatic carbocycles. The number of allylic oxidation sites excluding steroid dienone is 1. The molecule has 26 heavy (non-hydrogen) atoms. The van der Waals surface area contributed by atoms with Crippen LogP contribution in [0.5, 0.6) is 0 Å². The molecule has 1 aromatic heterocycles. The highest BCUT2D eigenvalue weighted by Gasteiger charge is 2.38. The number of aryl methyl sites for hydroxylation is 1. The summed E-state index contributed by atoms with van der Waals surface area (Å²) in [6.45, 7) is 3.62. The predicted octanol–water partition coefficient (Wildman–Crippen LogP) is 0.527. The van der Waals surface area contributed by atoms with Gasteiger partial charge in [-0.1, -0.05) is 19.4 Å². The zero-order chi connectivity index (χ0) is 18.9. The number of hydrogen-bond donors (Lipinski definition) is 3. The van der Waals surface area contributed by atoms with Gasteiger partial charge in [-0.25, -0.2) is 9.97 Å². The molecule has 0 amide bonds. The number of rotatable bonds is 5. The van der Waals surface area contributed by atoms with Gasteiger partial charge in [0.1, 0.15) is 17.1 Å². The Hall–Kier alpha value is -2.52. The van der Waals surface area contributed by atoms with Gasteiger partial charge in [0.15, 0.2) is 5.82 Å². The number of nitrogens with two attached hydrogens (primary N) is 3. The van der Waals surface area contributed by atoms with Crippen LogP contribution >= 0.6 is 0 Å². The van der Waals surface area contributed by atoms with Crippen LogP contribution in [0, 0.1) is 10.1 Å². The molecule has 1 aliphatic carbocycles. The summed E-state index contributed by atoms with van der Waals surface area (Å²) in [6, 6.07) is 2.08. The monoisotopic (exact) mass is 359 g/mol. The van der Waals surface area contributed by atoms with E-state index in [2.05, 4.69) is 21.8 Å². The van der Waals surface area contributed by atoms with Crippen molar-refractivity contribution in [3.63, 3.8) is 0 Å². The van der Waals surface area contributed by atoms with Crippen LogP contribution in [0.4, 0.5) is 5.82 Å². The Bertz CT molecular complexity index is 776. The van der Waals surface area contributed by atoms with Crippen LogP contribution in [0.15, 0.2) is 29.6 Å². The second-order valence-electron chi connectivity index (χ2n) is 7.00. The maximum Gasteiger partial charge on any atom is 0.271 e. The summed E-state index contributed by atoms with van der Waals surface area (Å²) in [4.78, 5) is 22.1. The molecular weight excluding hydrogens is 334 g/mol. The van der Waals surface area contributed by atoms with Gasteiger partial charge in [-0.2, -0.15) is 0 Å². The molecule has 0 radical (unpaired) electrons. The Labute approximate surface area is 152 Å². The fourth-order valence-electron chi connectivity index (χ4n) is 3.33. The number of aromatic nitrogens is 2. The van der Waals surface area contributed by atoms with Crippen LogP contribution in [-0.2, 0) is 12.0 Å². The minimum Gasteiger partial charge on any atom is -0.393 e. The number of nitro groups is 1. The SMILES string of the molecule is CCCc1cc(N2CCC(N)C2)nc(C2(N)C=CC(N)=C([N+](=O)[O-])C2)n1. The fourth-order valence-corrected chi connectivity index (χ4v) is 3.33. The summed E-state index contributed by atoms with van der Waals surface area (Å²) in [5.41, 5.74) is 18.0. The first kappa shape index (κ1) is 18.3. The average Bonchev–Trinajstić information content (AvgIpc) is 3.03. The van der Waals surface area contributed by atoms with Crippen LogP contribution < -0.4 is 22.1 Å². The van der Waals surface area contributed by atoms with E-state index in [4.69, 9.17) is 17.2 Å². The Morgan fingerprint density at radius 1 is 1.46 bits per heavy atom. The van der Waals surface area contributed by atoms with Crippen LogP contribution in [0.3, 0.4) is 0 Å². The van der Waals surface area contributed by atoms with Crippen molar-refractivity contribution in [3.05, 3.63) is 51.2 Å². The zero-order valence-corrected chi connectivity index (χ0v) is 14.9. The van der Waals surface area contributed by atoms with Gasteiger partial charge < -0.3 is 22.1 Å². The standard InChI is InChI=1S/C17H25N7O2/c1-2-3-12-8-15(23-7-5-11(18)10-23)22-16(21-12)17(20)6-4-13(19)14(9-17)24(25)26/h4,6,8,11H,2-3,5,7,9-10,18-20H2,1H3. The minimum absolute atomic E-state index is 0.0448. The summed E-state index contributed by atoms with van der Waals surface area (Å²) in [7, 11) is 0. The molecule has 1 fully saturated rings. The van der Waals surface area contributed by atoms with Gasteiger partial charge >= 0.3 is 0 Å². The molecule has 140 valence electrons. The van der Waals surface area contributed by atoms with Crippen LogP contribution in [0.1, 0.15) is 37.7 Å². The van der Waals surface area contributed by atoms with E-state index >= 15 is 0 Å². The maximum absolute atomic E-state index is 11.3. The first-order chi connectivity index (χ1) is 12.3. The van der Waals surface area contributed by atoms with Crippen LogP contribution in [-0.4, -0.2) is 34.0 Å². The molecule has 2 unspecified atom stereocenters. The summed E-state index contributed by atoms with van der Waals surface area (Å²) in [6.07, 6.45) is 5.69. The lowest BCUT2D eigenvalue weighted by molar-refractivity contribution is -0.430. The third-order valence-corrected chi connectivity index (χ3v) is 4.81. The molecule has 2 atom stereocenters. The van der Waals surface area contributed by atoms with Crippen molar-refractivity contribution >= 4 is 5.82 Å². The first-order valence-corrected chi connectivity index (χ1v) is 8.82. The lowest BCUT2D eigenvalue weighted by Crippen LogP contribution is -2.41. The van der Waals surface area contributed by atoms with E-state index in [0.717, 1.165) is 43.9 Å². The highest BCUT2D eigenvalue weighted by molar-refractivity contribution is 5.44. The van der Waals surface area contributed by atoms with Gasteiger partial charge in [-0.05, 0) is 18.9 Å². The Balaban J connectivity index is 2.00. The Morgan fingerprint density at radius 3 is 2.85 bits per heavy atom. The molecule has 2 heterocycles. The molecule has 9 heteroatoms. The molecule has 1 aromatic rings. The summed E-state index contributed by atoms with van der Waals surface area (Å²) >= 11 is 0. The van der Waals surface area contributed by atoms with Crippen molar-refractivity contribution in [2.75, 3.05) is 18.0 Å². The van der Waals surface area contributed by atoms with E-state index in [-0.39, 0.29) is 23.9 Å². The molecule has 0 bridgehead atoms. The summed E-state index contributed by atoms with van der Waals surface area (Å²) in [5, 5.41) is 11.3. The van der Waals surface area contributed by atoms with Gasteiger partial charge in [0.2, 0.25) is 0 Å². The minimum atomic E-state index is -1.16. The van der Waals surface area contributed by atoms with Crippen LogP contribution in [0.25, 0.3) is 0 Å². The molecule has 6 N–H and O–H groups in total. The molecule has 2 aliphatic rings.